The molecule has 2 N–H and O–H groups in total. The molecule has 1 fully saturated rings. The van der Waals surface area contributed by atoms with Crippen molar-refractivity contribution in [2.75, 3.05) is 26.7 Å². The van der Waals surface area contributed by atoms with Crippen LogP contribution in [0.5, 0.6) is 5.75 Å². The number of hydrogen-bond donors (Lipinski definition) is 2. The van der Waals surface area contributed by atoms with Gasteiger partial charge in [0, 0.05) is 36.7 Å². The van der Waals surface area contributed by atoms with Crippen LogP contribution < -0.4 is 4.74 Å². The number of benzene rings is 2. The van der Waals surface area contributed by atoms with Crippen LogP contribution in [0.4, 0.5) is 0 Å². The summed E-state index contributed by atoms with van der Waals surface area (Å²) in [4.78, 5) is 14.6. The van der Waals surface area contributed by atoms with Crippen molar-refractivity contribution in [1.29, 1.82) is 0 Å². The SMILES string of the molecule is C[C@@H]1CN([C@H](C)CO)S(=O)(=O)c2ccc(C#CC3(O)CCCC3)cc2O[C@@H]1CN(C)C(=O)c1ccccc1. The van der Waals surface area contributed by atoms with Crippen LogP contribution in [-0.4, -0.2) is 78.2 Å². The monoisotopic (exact) mass is 540 g/mol. The van der Waals surface area contributed by atoms with Crippen molar-refractivity contribution >= 4 is 15.9 Å². The lowest BCUT2D eigenvalue weighted by Gasteiger charge is -2.37. The second-order valence-corrected chi connectivity index (χ2v) is 12.3. The Hall–Kier alpha value is -2.90. The molecule has 1 amide bonds. The summed E-state index contributed by atoms with van der Waals surface area (Å²) < 4.78 is 35.0. The highest BCUT2D eigenvalue weighted by molar-refractivity contribution is 7.89. The molecule has 0 aromatic heterocycles. The maximum absolute atomic E-state index is 13.7. The molecule has 1 heterocycles. The van der Waals surface area contributed by atoms with Gasteiger partial charge in [0.15, 0.2) is 0 Å². The molecular formula is C29H36N2O6S. The first-order valence-corrected chi connectivity index (χ1v) is 14.5. The highest BCUT2D eigenvalue weighted by atomic mass is 32.2. The Morgan fingerprint density at radius 2 is 1.89 bits per heavy atom. The van der Waals surface area contributed by atoms with Crippen LogP contribution in [0.1, 0.15) is 55.5 Å². The molecule has 0 radical (unpaired) electrons. The molecule has 204 valence electrons. The number of sulfonamides is 1. The molecule has 3 atom stereocenters. The van der Waals surface area contributed by atoms with Crippen LogP contribution in [0, 0.1) is 17.8 Å². The van der Waals surface area contributed by atoms with Crippen LogP contribution in [0.25, 0.3) is 0 Å². The normalized spacial score (nSPS) is 23.1. The summed E-state index contributed by atoms with van der Waals surface area (Å²) in [6, 6.07) is 13.0. The fourth-order valence-electron chi connectivity index (χ4n) is 4.95. The number of amides is 1. The molecule has 0 spiro atoms. The number of hydrogen-bond acceptors (Lipinski definition) is 6. The maximum atomic E-state index is 13.7. The molecule has 1 aliphatic heterocycles. The van der Waals surface area contributed by atoms with Crippen LogP contribution >= 0.6 is 0 Å². The van der Waals surface area contributed by atoms with Gasteiger partial charge in [-0.3, -0.25) is 4.79 Å². The van der Waals surface area contributed by atoms with E-state index in [1.807, 2.05) is 13.0 Å². The van der Waals surface area contributed by atoms with Crippen molar-refractivity contribution in [1.82, 2.24) is 9.21 Å². The van der Waals surface area contributed by atoms with Gasteiger partial charge in [-0.05, 0) is 62.9 Å². The molecule has 2 aliphatic rings. The van der Waals surface area contributed by atoms with Crippen molar-refractivity contribution in [2.24, 2.45) is 5.92 Å². The Bertz CT molecular complexity index is 1310. The van der Waals surface area contributed by atoms with E-state index in [1.54, 1.807) is 55.3 Å². The highest BCUT2D eigenvalue weighted by Crippen LogP contribution is 2.34. The zero-order valence-corrected chi connectivity index (χ0v) is 22.9. The molecule has 0 saturated heterocycles. The van der Waals surface area contributed by atoms with Gasteiger partial charge < -0.3 is 19.8 Å². The van der Waals surface area contributed by atoms with Crippen LogP contribution in [0.3, 0.4) is 0 Å². The molecular weight excluding hydrogens is 504 g/mol. The standard InChI is InChI=1S/C29H36N2O6S/c1-21-18-31(22(2)20-32)38(35,36)27-12-11-23(13-16-29(34)14-7-8-15-29)17-25(27)37-26(21)19-30(3)28(33)24-9-5-4-6-10-24/h4-6,9-12,17,21-22,26,32,34H,7-8,14-15,18-20H2,1-3H3/t21-,22-,26-/m1/s1. The molecule has 8 nitrogen and oxygen atoms in total. The summed E-state index contributed by atoms with van der Waals surface area (Å²) in [5.41, 5.74) is 0.0541. The summed E-state index contributed by atoms with van der Waals surface area (Å²) in [6.45, 7) is 3.56. The van der Waals surface area contributed by atoms with Crippen LogP contribution in [0.2, 0.25) is 0 Å². The zero-order chi connectivity index (χ0) is 27.5. The van der Waals surface area contributed by atoms with Crippen LogP contribution in [0.15, 0.2) is 53.4 Å². The number of aliphatic hydroxyl groups is 2. The van der Waals surface area contributed by atoms with Gasteiger partial charge in [0.25, 0.3) is 5.91 Å². The zero-order valence-electron chi connectivity index (χ0n) is 22.1. The van der Waals surface area contributed by atoms with Gasteiger partial charge in [-0.15, -0.1) is 0 Å². The number of likely N-dealkylation sites (N-methyl/N-ethyl adjacent to an activating group) is 1. The molecule has 0 bridgehead atoms. The van der Waals surface area contributed by atoms with Gasteiger partial charge in [0.2, 0.25) is 10.0 Å². The van der Waals surface area contributed by atoms with Crippen molar-refractivity contribution in [2.45, 2.75) is 62.2 Å². The lowest BCUT2D eigenvalue weighted by Crippen LogP contribution is -2.50. The topological polar surface area (TPSA) is 107 Å². The van der Waals surface area contributed by atoms with E-state index >= 15 is 0 Å². The number of aliphatic hydroxyl groups excluding tert-OH is 1. The quantitative estimate of drug-likeness (QED) is 0.565. The van der Waals surface area contributed by atoms with Gasteiger partial charge in [-0.1, -0.05) is 37.0 Å². The maximum Gasteiger partial charge on any atom is 0.253 e. The minimum absolute atomic E-state index is 0.0168. The Morgan fingerprint density at radius 1 is 1.21 bits per heavy atom. The third-order valence-electron chi connectivity index (χ3n) is 7.36. The van der Waals surface area contributed by atoms with E-state index in [0.717, 1.165) is 12.8 Å². The smallest absolute Gasteiger partial charge is 0.253 e. The van der Waals surface area contributed by atoms with Crippen molar-refractivity contribution in [3.8, 4) is 17.6 Å². The average molecular weight is 541 g/mol. The molecule has 4 rings (SSSR count). The predicted molar refractivity (Wildman–Crippen MR) is 144 cm³/mol. The molecule has 0 unspecified atom stereocenters. The Morgan fingerprint density at radius 3 is 2.55 bits per heavy atom. The van der Waals surface area contributed by atoms with Crippen LogP contribution in [-0.2, 0) is 10.0 Å². The first-order valence-electron chi connectivity index (χ1n) is 13.0. The summed E-state index contributed by atoms with van der Waals surface area (Å²) in [5, 5.41) is 20.5. The lowest BCUT2D eigenvalue weighted by molar-refractivity contribution is 0.0563. The largest absolute Gasteiger partial charge is 0.487 e. The molecule has 1 aliphatic carbocycles. The fourth-order valence-corrected chi connectivity index (χ4v) is 6.77. The second kappa shape index (κ2) is 11.5. The fraction of sp³-hybridized carbons (Fsp3) is 0.483. The van der Waals surface area contributed by atoms with Crippen molar-refractivity contribution in [3.05, 3.63) is 59.7 Å². The van der Waals surface area contributed by atoms with E-state index in [4.69, 9.17) is 4.74 Å². The van der Waals surface area contributed by atoms with Crippen molar-refractivity contribution in [3.63, 3.8) is 0 Å². The van der Waals surface area contributed by atoms with Gasteiger partial charge >= 0.3 is 0 Å². The summed E-state index contributed by atoms with van der Waals surface area (Å²) in [5.74, 6) is 5.63. The molecule has 38 heavy (non-hydrogen) atoms. The number of rotatable bonds is 5. The summed E-state index contributed by atoms with van der Waals surface area (Å²) in [7, 11) is -2.29. The van der Waals surface area contributed by atoms with Gasteiger partial charge in [-0.2, -0.15) is 4.31 Å². The second-order valence-electron chi connectivity index (χ2n) is 10.4. The number of nitrogens with zero attached hydrogens (tertiary/aromatic N) is 2. The summed E-state index contributed by atoms with van der Waals surface area (Å²) >= 11 is 0. The van der Waals surface area contributed by atoms with E-state index in [2.05, 4.69) is 11.8 Å². The van der Waals surface area contributed by atoms with Gasteiger partial charge in [0.1, 0.15) is 22.4 Å². The van der Waals surface area contributed by atoms with Gasteiger partial charge in [0.05, 0.1) is 13.2 Å². The van der Waals surface area contributed by atoms with Gasteiger partial charge in [-0.25, -0.2) is 8.42 Å². The highest BCUT2D eigenvalue weighted by Gasteiger charge is 2.38. The van der Waals surface area contributed by atoms with E-state index in [1.165, 1.54) is 10.4 Å². The third kappa shape index (κ3) is 6.05. The number of carbonyl (C=O) groups is 1. The minimum Gasteiger partial charge on any atom is -0.487 e. The average Bonchev–Trinajstić information content (AvgIpc) is 3.35. The molecule has 2 aromatic carbocycles. The predicted octanol–water partition coefficient (Wildman–Crippen LogP) is 2.88. The first kappa shape index (κ1) is 28.1. The van der Waals surface area contributed by atoms with Crippen molar-refractivity contribution < 1.29 is 28.2 Å². The van der Waals surface area contributed by atoms with E-state index < -0.39 is 27.8 Å². The molecule has 2 aromatic rings. The lowest BCUT2D eigenvalue weighted by atomic mass is 10.0. The third-order valence-corrected chi connectivity index (χ3v) is 9.38. The minimum atomic E-state index is -3.99. The Kier molecular flexibility index (Phi) is 8.48. The Balaban J connectivity index is 1.71. The molecule has 9 heteroatoms. The van der Waals surface area contributed by atoms with E-state index in [0.29, 0.717) is 24.0 Å². The number of carbonyl (C=O) groups excluding carboxylic acids is 1. The van der Waals surface area contributed by atoms with E-state index in [9.17, 15) is 23.4 Å². The summed E-state index contributed by atoms with van der Waals surface area (Å²) in [6.07, 6.45) is 2.54. The molecule has 1 saturated carbocycles. The number of ether oxygens (including phenoxy) is 1. The number of fused-ring (bicyclic) bond motifs is 1. The Labute approximate surface area is 225 Å². The first-order chi connectivity index (χ1) is 18.0. The van der Waals surface area contributed by atoms with E-state index in [-0.39, 0.29) is 42.2 Å².